The second kappa shape index (κ2) is 9.89. The zero-order chi connectivity index (χ0) is 23.5. The summed E-state index contributed by atoms with van der Waals surface area (Å²) in [5, 5.41) is 8.56. The molecule has 176 valence electrons. The van der Waals surface area contributed by atoms with Gasteiger partial charge < -0.3 is 14.7 Å². The minimum Gasteiger partial charge on any atom is -0.365 e. The lowest BCUT2D eigenvalue weighted by atomic mass is 9.92. The number of hydrogen-bond acceptors (Lipinski definition) is 7. The zero-order valence-corrected chi connectivity index (χ0v) is 19.6. The summed E-state index contributed by atoms with van der Waals surface area (Å²) in [5.41, 5.74) is 2.64. The Bertz CT molecular complexity index is 1290. The van der Waals surface area contributed by atoms with Gasteiger partial charge in [-0.25, -0.2) is 9.37 Å². The Morgan fingerprint density at radius 2 is 2.12 bits per heavy atom. The van der Waals surface area contributed by atoms with Crippen LogP contribution >= 0.6 is 0 Å². The van der Waals surface area contributed by atoms with Gasteiger partial charge in [0.15, 0.2) is 5.58 Å². The maximum Gasteiger partial charge on any atom is 0.227 e. The third kappa shape index (κ3) is 4.52. The fraction of sp³-hybridized carbons (Fsp3) is 0.320. The molecule has 0 bridgehead atoms. The number of fused-ring (bicyclic) bond motifs is 2. The predicted octanol–water partition coefficient (Wildman–Crippen LogP) is 4.67. The molecule has 0 radical (unpaired) electrons. The second-order valence-corrected chi connectivity index (χ2v) is 9.85. The Morgan fingerprint density at radius 3 is 2.94 bits per heavy atom. The number of para-hydroxylation sites is 1. The summed E-state index contributed by atoms with van der Waals surface area (Å²) in [5.74, 6) is 1.63. The monoisotopic (exact) mass is 479 g/mol. The summed E-state index contributed by atoms with van der Waals surface area (Å²) >= 11 is 0. The first-order chi connectivity index (χ1) is 16.6. The number of aryl methyl sites for hydroxylation is 1. The molecule has 2 aromatic heterocycles. The molecule has 2 aliphatic heterocycles. The van der Waals surface area contributed by atoms with Crippen LogP contribution in [-0.4, -0.2) is 44.7 Å². The molecule has 1 N–H and O–H groups in total. The second-order valence-electron chi connectivity index (χ2n) is 8.34. The van der Waals surface area contributed by atoms with Crippen LogP contribution in [0.15, 0.2) is 70.4 Å². The van der Waals surface area contributed by atoms with E-state index in [-0.39, 0.29) is 12.4 Å². The minimum atomic E-state index is -1.15. The van der Waals surface area contributed by atoms with Gasteiger partial charge in [0.1, 0.15) is 16.5 Å². The third-order valence-electron chi connectivity index (χ3n) is 6.20. The smallest absolute Gasteiger partial charge is 0.227 e. The van der Waals surface area contributed by atoms with Gasteiger partial charge in [-0.3, -0.25) is 4.21 Å². The van der Waals surface area contributed by atoms with E-state index in [0.29, 0.717) is 34.8 Å². The number of benzene rings is 1. The van der Waals surface area contributed by atoms with Crippen molar-refractivity contribution < 1.29 is 13.1 Å². The summed E-state index contributed by atoms with van der Waals surface area (Å²) < 4.78 is 31.9. The van der Waals surface area contributed by atoms with Crippen LogP contribution in [0, 0.1) is 0 Å². The first kappa shape index (κ1) is 22.5. The number of nitrogens with one attached hydrogen (secondary N) is 1. The highest BCUT2D eigenvalue weighted by molar-refractivity contribution is 7.85. The van der Waals surface area contributed by atoms with Crippen molar-refractivity contribution in [3.05, 3.63) is 72.4 Å². The molecule has 3 aromatic rings. The van der Waals surface area contributed by atoms with Gasteiger partial charge in [-0.2, -0.15) is 4.98 Å². The van der Waals surface area contributed by atoms with E-state index in [9.17, 15) is 8.60 Å². The maximum absolute atomic E-state index is 13.8. The fourth-order valence-corrected chi connectivity index (χ4v) is 5.80. The number of nitrogens with zero attached hydrogens (tertiary/aromatic N) is 4. The lowest BCUT2D eigenvalue weighted by molar-refractivity contribution is 0.416. The van der Waals surface area contributed by atoms with Gasteiger partial charge in [-0.15, -0.1) is 0 Å². The van der Waals surface area contributed by atoms with Gasteiger partial charge in [-0.05, 0) is 37.1 Å². The molecule has 0 amide bonds. The number of anilines is 2. The van der Waals surface area contributed by atoms with E-state index in [1.807, 2.05) is 18.2 Å². The molecule has 1 aromatic carbocycles. The summed E-state index contributed by atoms with van der Waals surface area (Å²) in [6, 6.07) is 7.95. The summed E-state index contributed by atoms with van der Waals surface area (Å²) in [4.78, 5) is 12.3. The van der Waals surface area contributed by atoms with Gasteiger partial charge >= 0.3 is 0 Å². The Hall–Kier alpha value is -3.33. The molecule has 0 aliphatic carbocycles. The summed E-state index contributed by atoms with van der Waals surface area (Å²) in [6.45, 7) is 5.34. The first-order valence-corrected chi connectivity index (χ1v) is 12.7. The zero-order valence-electron chi connectivity index (χ0n) is 18.7. The predicted molar refractivity (Wildman–Crippen MR) is 132 cm³/mol. The third-order valence-corrected chi connectivity index (χ3v) is 7.66. The van der Waals surface area contributed by atoms with E-state index in [4.69, 9.17) is 14.5 Å². The Labute approximate surface area is 199 Å². The normalized spacial score (nSPS) is 19.1. The highest BCUT2D eigenvalue weighted by Gasteiger charge is 2.30. The molecule has 4 heterocycles. The number of piperidine rings is 1. The van der Waals surface area contributed by atoms with E-state index in [2.05, 4.69) is 28.0 Å². The number of allylic oxidation sites excluding steroid dienone is 4. The van der Waals surface area contributed by atoms with Crippen molar-refractivity contribution in [3.63, 3.8) is 0 Å². The number of hydrogen-bond donors (Lipinski definition) is 1. The molecule has 9 heteroatoms. The summed E-state index contributed by atoms with van der Waals surface area (Å²) in [7, 11) is -1.15. The summed E-state index contributed by atoms with van der Waals surface area (Å²) in [6.07, 6.45) is 8.28. The van der Waals surface area contributed by atoms with Crippen LogP contribution in [0.5, 0.6) is 0 Å². The number of aromatic nitrogens is 3. The molecule has 7 nitrogen and oxygen atoms in total. The van der Waals surface area contributed by atoms with Crippen LogP contribution in [-0.2, 0) is 17.2 Å². The van der Waals surface area contributed by atoms with Crippen LogP contribution in [0.1, 0.15) is 30.1 Å². The first-order valence-electron chi connectivity index (χ1n) is 11.4. The lowest BCUT2D eigenvalue weighted by Crippen LogP contribution is -2.34. The largest absolute Gasteiger partial charge is 0.365 e. The van der Waals surface area contributed by atoms with Gasteiger partial charge in [0.05, 0.1) is 22.2 Å². The van der Waals surface area contributed by atoms with Crippen LogP contribution < -0.4 is 10.2 Å². The average Bonchev–Trinajstić information content (AvgIpc) is 3.46. The van der Waals surface area contributed by atoms with E-state index in [1.54, 1.807) is 0 Å². The number of halogens is 1. The molecule has 1 atom stereocenters. The fourth-order valence-electron chi connectivity index (χ4n) is 4.47. The maximum atomic E-state index is 13.8. The molecule has 0 saturated carbocycles. The van der Waals surface area contributed by atoms with E-state index < -0.39 is 10.8 Å². The molecule has 1 saturated heterocycles. The molecular formula is C25H26FN5O2S. The minimum absolute atomic E-state index is 0.231. The molecule has 5 rings (SSSR count). The quantitative estimate of drug-likeness (QED) is 0.493. The topological polar surface area (TPSA) is 84.2 Å². The van der Waals surface area contributed by atoms with Gasteiger partial charge in [0.25, 0.3) is 0 Å². The van der Waals surface area contributed by atoms with Crippen molar-refractivity contribution in [2.24, 2.45) is 0 Å². The van der Waals surface area contributed by atoms with Crippen molar-refractivity contribution in [3.8, 4) is 0 Å². The Balaban J connectivity index is 1.32. The molecule has 0 spiro atoms. The van der Waals surface area contributed by atoms with Crippen molar-refractivity contribution >= 4 is 33.5 Å². The Kier molecular flexibility index (Phi) is 6.53. The molecule has 1 fully saturated rings. The van der Waals surface area contributed by atoms with Crippen LogP contribution in [0.4, 0.5) is 16.2 Å². The van der Waals surface area contributed by atoms with Gasteiger partial charge in [0.2, 0.25) is 5.95 Å². The molecule has 2 aliphatic rings. The SMILES string of the molecule is C=C/C=C\C(F)=C/CNc1nc(N2CCC(c3noc4ccccc34)CC2)nc2c1S(=O)CC2. The van der Waals surface area contributed by atoms with Crippen molar-refractivity contribution in [2.75, 3.05) is 35.6 Å². The van der Waals surface area contributed by atoms with E-state index >= 15 is 0 Å². The lowest BCUT2D eigenvalue weighted by Gasteiger charge is -2.31. The molecular weight excluding hydrogens is 453 g/mol. The van der Waals surface area contributed by atoms with E-state index in [1.165, 1.54) is 24.3 Å². The van der Waals surface area contributed by atoms with Crippen LogP contribution in [0.25, 0.3) is 11.0 Å². The van der Waals surface area contributed by atoms with Gasteiger partial charge in [-0.1, -0.05) is 36.0 Å². The number of rotatable bonds is 7. The highest BCUT2D eigenvalue weighted by Crippen LogP contribution is 2.35. The standard InChI is InChI=1S/C25H26FN5O2S/c1-2-3-6-18(26)9-13-27-24-23-20(12-16-34(23)32)28-25(29-24)31-14-10-17(11-15-31)22-19-7-4-5-8-21(19)33-30-22/h2-9,17H,1,10-16H2,(H,27,28,29)/b6-3-,18-9+. The highest BCUT2D eigenvalue weighted by atomic mass is 32.2. The van der Waals surface area contributed by atoms with Crippen molar-refractivity contribution in [1.82, 2.24) is 15.1 Å². The van der Waals surface area contributed by atoms with Crippen molar-refractivity contribution in [1.29, 1.82) is 0 Å². The molecule has 34 heavy (non-hydrogen) atoms. The van der Waals surface area contributed by atoms with Crippen molar-refractivity contribution in [2.45, 2.75) is 30.1 Å². The average molecular weight is 480 g/mol. The molecule has 1 unspecified atom stereocenters. The van der Waals surface area contributed by atoms with Crippen LogP contribution in [0.2, 0.25) is 0 Å². The van der Waals surface area contributed by atoms with E-state index in [0.717, 1.165) is 48.3 Å². The Morgan fingerprint density at radius 1 is 1.29 bits per heavy atom. The van der Waals surface area contributed by atoms with Crippen LogP contribution in [0.3, 0.4) is 0 Å². The van der Waals surface area contributed by atoms with Gasteiger partial charge in [0, 0.05) is 43.1 Å².